The lowest BCUT2D eigenvalue weighted by molar-refractivity contribution is 0.121. The van der Waals surface area contributed by atoms with Crippen molar-refractivity contribution in [3.63, 3.8) is 0 Å². The average molecular weight is 671 g/mol. The van der Waals surface area contributed by atoms with Crippen LogP contribution in [0, 0.1) is 0 Å². The fraction of sp³-hybridized carbons (Fsp3) is 0.149. The molecule has 0 spiro atoms. The summed E-state index contributed by atoms with van der Waals surface area (Å²) >= 11 is 0. The molecule has 0 heterocycles. The molecule has 0 N–H and O–H groups in total. The van der Waals surface area contributed by atoms with Gasteiger partial charge in [-0.15, -0.1) is 13.2 Å². The van der Waals surface area contributed by atoms with E-state index in [9.17, 15) is 0 Å². The van der Waals surface area contributed by atoms with Gasteiger partial charge in [0.2, 0.25) is 0 Å². The normalized spacial score (nSPS) is 12.5. The van der Waals surface area contributed by atoms with Gasteiger partial charge in [0, 0.05) is 11.1 Å². The summed E-state index contributed by atoms with van der Waals surface area (Å²) in [5, 5.41) is 0. The minimum Gasteiger partial charge on any atom is -0.491 e. The topological polar surface area (TPSA) is 36.9 Å². The van der Waals surface area contributed by atoms with E-state index in [-0.39, 0.29) is 0 Å². The SMILES string of the molecule is C=CCOCCOc1ccc(C2(c3ccc(OCCOCC=C)c(-c4ccccc4)c3)c3ccccc3-c3ccccc32)cc1-c1ccccc1. The van der Waals surface area contributed by atoms with E-state index >= 15 is 0 Å². The molecule has 0 aromatic heterocycles. The molecule has 254 valence electrons. The van der Waals surface area contributed by atoms with Gasteiger partial charge >= 0.3 is 0 Å². The zero-order chi connectivity index (χ0) is 34.9. The van der Waals surface area contributed by atoms with Crippen molar-refractivity contribution >= 4 is 0 Å². The first-order valence-corrected chi connectivity index (χ1v) is 17.5. The minimum absolute atomic E-state index is 0.435. The van der Waals surface area contributed by atoms with E-state index in [4.69, 9.17) is 18.9 Å². The molecule has 0 amide bonds. The summed E-state index contributed by atoms with van der Waals surface area (Å²) in [5.74, 6) is 1.63. The van der Waals surface area contributed by atoms with Crippen LogP contribution in [-0.4, -0.2) is 39.6 Å². The Hall–Kier alpha value is -5.68. The molecule has 0 bridgehead atoms. The lowest BCUT2D eigenvalue weighted by atomic mass is 9.67. The molecule has 0 saturated heterocycles. The van der Waals surface area contributed by atoms with Gasteiger partial charge in [0.15, 0.2) is 0 Å². The van der Waals surface area contributed by atoms with Crippen LogP contribution < -0.4 is 9.47 Å². The Morgan fingerprint density at radius 3 is 1.27 bits per heavy atom. The van der Waals surface area contributed by atoms with Gasteiger partial charge in [-0.2, -0.15) is 0 Å². The largest absolute Gasteiger partial charge is 0.491 e. The van der Waals surface area contributed by atoms with Crippen molar-refractivity contribution in [3.05, 3.63) is 193 Å². The van der Waals surface area contributed by atoms with Gasteiger partial charge in [-0.05, 0) is 68.8 Å². The van der Waals surface area contributed by atoms with E-state index < -0.39 is 5.41 Å². The van der Waals surface area contributed by atoms with Crippen LogP contribution in [0.25, 0.3) is 33.4 Å². The Kier molecular flexibility index (Phi) is 10.5. The third kappa shape index (κ3) is 6.77. The van der Waals surface area contributed by atoms with Gasteiger partial charge in [-0.3, -0.25) is 0 Å². The van der Waals surface area contributed by atoms with Crippen LogP contribution in [0.2, 0.25) is 0 Å². The van der Waals surface area contributed by atoms with Crippen molar-refractivity contribution in [1.82, 2.24) is 0 Å². The molecule has 1 aliphatic carbocycles. The van der Waals surface area contributed by atoms with E-state index in [1.165, 1.54) is 22.3 Å². The molecule has 7 rings (SSSR count). The standard InChI is InChI=1S/C47H42O4/c1-3-27-48-29-31-50-45-25-23-37(33-41(45)35-15-7-5-8-16-35)47(43-21-13-11-19-39(43)40-20-12-14-22-44(40)47)38-24-26-46(51-32-30-49-28-4-2)42(34-38)36-17-9-6-10-18-36/h3-26,33-34H,1-2,27-32H2. The third-order valence-electron chi connectivity index (χ3n) is 9.39. The predicted octanol–water partition coefficient (Wildman–Crippen LogP) is 10.5. The number of ether oxygens (including phenoxy) is 4. The summed E-state index contributed by atoms with van der Waals surface area (Å²) in [6, 6.07) is 51.9. The lowest BCUT2D eigenvalue weighted by Crippen LogP contribution is -2.29. The van der Waals surface area contributed by atoms with Crippen molar-refractivity contribution in [2.45, 2.75) is 5.41 Å². The molecule has 0 atom stereocenters. The Balaban J connectivity index is 1.44. The third-order valence-corrected chi connectivity index (χ3v) is 9.39. The lowest BCUT2D eigenvalue weighted by Gasteiger charge is -2.35. The summed E-state index contributed by atoms with van der Waals surface area (Å²) < 4.78 is 24.1. The highest BCUT2D eigenvalue weighted by atomic mass is 16.5. The van der Waals surface area contributed by atoms with E-state index in [1.54, 1.807) is 12.2 Å². The molecular formula is C47H42O4. The van der Waals surface area contributed by atoms with Crippen LogP contribution in [0.1, 0.15) is 22.3 Å². The smallest absolute Gasteiger partial charge is 0.127 e. The van der Waals surface area contributed by atoms with E-state index in [2.05, 4.69) is 147 Å². The molecule has 4 nitrogen and oxygen atoms in total. The second-order valence-electron chi connectivity index (χ2n) is 12.4. The van der Waals surface area contributed by atoms with Gasteiger partial charge in [0.25, 0.3) is 0 Å². The zero-order valence-electron chi connectivity index (χ0n) is 28.8. The quantitative estimate of drug-likeness (QED) is 0.0757. The number of hydrogen-bond donors (Lipinski definition) is 0. The van der Waals surface area contributed by atoms with Crippen molar-refractivity contribution < 1.29 is 18.9 Å². The molecule has 6 aromatic carbocycles. The van der Waals surface area contributed by atoms with Crippen LogP contribution in [0.5, 0.6) is 11.5 Å². The summed E-state index contributed by atoms with van der Waals surface area (Å²) in [7, 11) is 0. The van der Waals surface area contributed by atoms with E-state index in [0.29, 0.717) is 39.6 Å². The number of hydrogen-bond acceptors (Lipinski definition) is 4. The zero-order valence-corrected chi connectivity index (χ0v) is 28.8. The second kappa shape index (κ2) is 15.9. The highest BCUT2D eigenvalue weighted by Crippen LogP contribution is 2.57. The highest BCUT2D eigenvalue weighted by molar-refractivity contribution is 5.88. The maximum absolute atomic E-state index is 6.40. The molecule has 6 aromatic rings. The highest BCUT2D eigenvalue weighted by Gasteiger charge is 2.46. The van der Waals surface area contributed by atoms with Gasteiger partial charge in [-0.1, -0.05) is 133 Å². The van der Waals surface area contributed by atoms with Gasteiger partial charge in [-0.25, -0.2) is 0 Å². The second-order valence-corrected chi connectivity index (χ2v) is 12.4. The van der Waals surface area contributed by atoms with Crippen LogP contribution >= 0.6 is 0 Å². The summed E-state index contributed by atoms with van der Waals surface area (Å²) in [5.41, 5.74) is 10.8. The van der Waals surface area contributed by atoms with E-state index in [0.717, 1.165) is 44.9 Å². The number of fused-ring (bicyclic) bond motifs is 3. The molecule has 0 radical (unpaired) electrons. The predicted molar refractivity (Wildman–Crippen MR) is 208 cm³/mol. The van der Waals surface area contributed by atoms with Crippen molar-refractivity contribution in [2.24, 2.45) is 0 Å². The van der Waals surface area contributed by atoms with Crippen LogP contribution in [0.3, 0.4) is 0 Å². The van der Waals surface area contributed by atoms with Crippen LogP contribution in [0.4, 0.5) is 0 Å². The first-order valence-electron chi connectivity index (χ1n) is 17.5. The number of rotatable bonds is 16. The van der Waals surface area contributed by atoms with Crippen molar-refractivity contribution in [1.29, 1.82) is 0 Å². The molecule has 0 aliphatic heterocycles. The maximum Gasteiger partial charge on any atom is 0.127 e. The summed E-state index contributed by atoms with van der Waals surface area (Å²) in [6.45, 7) is 10.3. The van der Waals surface area contributed by atoms with Crippen LogP contribution in [-0.2, 0) is 14.9 Å². The van der Waals surface area contributed by atoms with Gasteiger partial charge < -0.3 is 18.9 Å². The Morgan fingerprint density at radius 2 is 0.843 bits per heavy atom. The monoisotopic (exact) mass is 670 g/mol. The maximum atomic E-state index is 6.40. The fourth-order valence-corrected chi connectivity index (χ4v) is 7.24. The van der Waals surface area contributed by atoms with E-state index in [1.807, 2.05) is 12.1 Å². The molecule has 51 heavy (non-hydrogen) atoms. The fourth-order valence-electron chi connectivity index (χ4n) is 7.24. The molecule has 0 saturated carbocycles. The number of benzene rings is 6. The molecule has 0 unspecified atom stereocenters. The van der Waals surface area contributed by atoms with Crippen molar-refractivity contribution in [2.75, 3.05) is 39.6 Å². The molecule has 1 aliphatic rings. The minimum atomic E-state index is -0.628. The Labute approximate surface area is 301 Å². The van der Waals surface area contributed by atoms with Gasteiger partial charge in [0.1, 0.15) is 24.7 Å². The van der Waals surface area contributed by atoms with Gasteiger partial charge in [0.05, 0.1) is 31.8 Å². The molecular weight excluding hydrogens is 629 g/mol. The first-order chi connectivity index (χ1) is 25.3. The Morgan fingerprint density at radius 1 is 0.431 bits per heavy atom. The summed E-state index contributed by atoms with van der Waals surface area (Å²) in [6.07, 6.45) is 3.50. The molecule has 4 heteroatoms. The van der Waals surface area contributed by atoms with Crippen LogP contribution in [0.15, 0.2) is 171 Å². The first kappa shape index (κ1) is 33.8. The Bertz CT molecular complexity index is 1950. The van der Waals surface area contributed by atoms with Crippen molar-refractivity contribution in [3.8, 4) is 44.9 Å². The molecule has 0 fully saturated rings. The summed E-state index contributed by atoms with van der Waals surface area (Å²) in [4.78, 5) is 0. The average Bonchev–Trinajstić information content (AvgIpc) is 3.49.